The van der Waals surface area contributed by atoms with Crippen LogP contribution >= 0.6 is 18.7 Å². The molecule has 0 spiro atoms. The molecule has 0 N–H and O–H groups in total. The first-order valence-electron chi connectivity index (χ1n) is 9.60. The third-order valence-electron chi connectivity index (χ3n) is 4.99. The summed E-state index contributed by atoms with van der Waals surface area (Å²) in [6.07, 6.45) is -10.9. The summed E-state index contributed by atoms with van der Waals surface area (Å²) in [6, 6.07) is 10.5. The van der Waals surface area contributed by atoms with E-state index in [1.165, 1.54) is 36.4 Å². The van der Waals surface area contributed by atoms with Crippen molar-refractivity contribution in [2.75, 3.05) is 7.11 Å². The average Bonchev–Trinajstić information content (AvgIpc) is 2.81. The molecule has 0 saturated carbocycles. The van der Waals surface area contributed by atoms with Gasteiger partial charge in [-0.25, -0.2) is 0 Å². The molecule has 0 aromatic heterocycles. The molecule has 0 amide bonds. The maximum atomic E-state index is 14.2. The fourth-order valence-corrected chi connectivity index (χ4v) is 6.08. The lowest BCUT2D eigenvalue weighted by molar-refractivity contribution is -0.143. The van der Waals surface area contributed by atoms with Gasteiger partial charge in [0.15, 0.2) is 0 Å². The molecule has 0 saturated heterocycles. The highest BCUT2D eigenvalue weighted by Gasteiger charge is 2.51. The Morgan fingerprint density at radius 2 is 1.23 bits per heavy atom. The van der Waals surface area contributed by atoms with Crippen molar-refractivity contribution in [3.63, 3.8) is 0 Å². The first-order chi connectivity index (χ1) is 16.2. The lowest BCUT2D eigenvalue weighted by atomic mass is 10.0. The monoisotopic (exact) mass is 534 g/mol. The maximum Gasteiger partial charge on any atom is 0.417 e. The zero-order valence-electron chi connectivity index (χ0n) is 17.6. The molecule has 1 atom stereocenters. The highest BCUT2D eigenvalue weighted by Crippen LogP contribution is 2.55. The molecule has 0 fully saturated rings. The minimum atomic E-state index is -5.43. The van der Waals surface area contributed by atoms with Crippen LogP contribution in [0.1, 0.15) is 31.8 Å². The molecular formula is C23H14ClF6O4P. The zero-order chi connectivity index (χ0) is 26.2. The SMILES string of the molecule is COc1cccc(Cl)c1C(=O)P(=O)(C(=O)c1c(C(F)(F)F)cccc1C(F)(F)F)c1ccccc1. The lowest BCUT2D eigenvalue weighted by Crippen LogP contribution is -2.26. The molecule has 4 nitrogen and oxygen atoms in total. The van der Waals surface area contributed by atoms with Crippen LogP contribution in [0.25, 0.3) is 0 Å². The highest BCUT2D eigenvalue weighted by atomic mass is 35.5. The number of rotatable bonds is 6. The van der Waals surface area contributed by atoms with Crippen molar-refractivity contribution < 1.29 is 45.2 Å². The minimum Gasteiger partial charge on any atom is -0.496 e. The van der Waals surface area contributed by atoms with Crippen LogP contribution in [-0.2, 0) is 16.9 Å². The van der Waals surface area contributed by atoms with E-state index >= 15 is 0 Å². The third-order valence-corrected chi connectivity index (χ3v) is 7.92. The fraction of sp³-hybridized carbons (Fsp3) is 0.130. The summed E-state index contributed by atoms with van der Waals surface area (Å²) in [5.74, 6) is -0.272. The molecule has 3 rings (SSSR count). The van der Waals surface area contributed by atoms with Crippen molar-refractivity contribution in [1.82, 2.24) is 0 Å². The number of alkyl halides is 6. The summed E-state index contributed by atoms with van der Waals surface area (Å²) in [7, 11) is -4.29. The van der Waals surface area contributed by atoms with Crippen molar-refractivity contribution in [3.8, 4) is 5.75 Å². The quantitative estimate of drug-likeness (QED) is 0.251. The van der Waals surface area contributed by atoms with E-state index in [1.807, 2.05) is 0 Å². The maximum absolute atomic E-state index is 14.2. The number of benzene rings is 3. The summed E-state index contributed by atoms with van der Waals surface area (Å²) in [5.41, 5.74) is -10.2. The van der Waals surface area contributed by atoms with Gasteiger partial charge in [0.1, 0.15) is 5.75 Å². The van der Waals surface area contributed by atoms with E-state index in [0.717, 1.165) is 19.2 Å². The van der Waals surface area contributed by atoms with E-state index < -0.39 is 58.1 Å². The summed E-state index contributed by atoms with van der Waals surface area (Å²) in [6.45, 7) is 0. The predicted molar refractivity (Wildman–Crippen MR) is 117 cm³/mol. The molecule has 0 radical (unpaired) electrons. The molecule has 184 valence electrons. The first kappa shape index (κ1) is 26.5. The van der Waals surface area contributed by atoms with Gasteiger partial charge in [0.05, 0.1) is 34.4 Å². The molecule has 35 heavy (non-hydrogen) atoms. The van der Waals surface area contributed by atoms with Gasteiger partial charge >= 0.3 is 12.4 Å². The van der Waals surface area contributed by atoms with E-state index in [2.05, 4.69) is 0 Å². The van der Waals surface area contributed by atoms with Gasteiger partial charge in [-0.1, -0.05) is 54.1 Å². The van der Waals surface area contributed by atoms with Crippen molar-refractivity contribution >= 4 is 35.1 Å². The summed E-state index contributed by atoms with van der Waals surface area (Å²) in [5, 5.41) is -0.930. The first-order valence-corrected chi connectivity index (χ1v) is 11.7. The van der Waals surface area contributed by atoms with Crippen LogP contribution in [0.5, 0.6) is 5.75 Å². The highest BCUT2D eigenvalue weighted by molar-refractivity contribution is 8.01. The molecule has 0 bridgehead atoms. The summed E-state index contributed by atoms with van der Waals surface area (Å²) >= 11 is 6.06. The van der Waals surface area contributed by atoms with Gasteiger partial charge in [-0.3, -0.25) is 9.59 Å². The van der Waals surface area contributed by atoms with Gasteiger partial charge in [0.25, 0.3) is 0 Å². The van der Waals surface area contributed by atoms with Crippen molar-refractivity contribution in [2.24, 2.45) is 0 Å². The van der Waals surface area contributed by atoms with E-state index in [-0.39, 0.29) is 22.9 Å². The molecule has 0 aliphatic rings. The molecule has 0 heterocycles. The van der Waals surface area contributed by atoms with Crippen LogP contribution in [0.2, 0.25) is 5.02 Å². The average molecular weight is 535 g/mol. The molecule has 0 aliphatic carbocycles. The smallest absolute Gasteiger partial charge is 0.417 e. The van der Waals surface area contributed by atoms with Crippen LogP contribution in [0.15, 0.2) is 66.7 Å². The Morgan fingerprint density at radius 1 is 0.743 bits per heavy atom. The number of methoxy groups -OCH3 is 1. The number of carbonyl (C=O) groups excluding carboxylic acids is 2. The van der Waals surface area contributed by atoms with Gasteiger partial charge in [-0.05, 0) is 24.3 Å². The molecule has 1 unspecified atom stereocenters. The largest absolute Gasteiger partial charge is 0.496 e. The van der Waals surface area contributed by atoms with Crippen molar-refractivity contribution in [2.45, 2.75) is 12.4 Å². The van der Waals surface area contributed by atoms with Crippen LogP contribution in [0, 0.1) is 0 Å². The topological polar surface area (TPSA) is 60.4 Å². The second-order valence-corrected chi connectivity index (χ2v) is 10.1. The van der Waals surface area contributed by atoms with Gasteiger partial charge in [-0.2, -0.15) is 26.3 Å². The normalized spacial score (nSPS) is 13.7. The Balaban J connectivity index is 2.43. The number of hydrogen-bond acceptors (Lipinski definition) is 4. The standard InChI is InChI=1S/C23H14ClF6O4P/c1-34-17-12-6-11-16(24)19(17)21(32)35(33,13-7-3-2-4-8-13)20(31)18-14(22(25,26)27)9-5-10-15(18)23(28,29)30/h2-12H,1H3. The Bertz CT molecular complexity index is 1300. The third kappa shape index (κ3) is 4.86. The summed E-state index contributed by atoms with van der Waals surface area (Å²) in [4.78, 5) is 27.2. The number of ether oxygens (including phenoxy) is 1. The van der Waals surface area contributed by atoms with Crippen molar-refractivity contribution in [3.05, 3.63) is 94.0 Å². The van der Waals surface area contributed by atoms with Gasteiger partial charge < -0.3 is 9.30 Å². The lowest BCUT2D eigenvalue weighted by Gasteiger charge is -2.23. The number of halogens is 7. The summed E-state index contributed by atoms with van der Waals surface area (Å²) < 4.78 is 102. The Morgan fingerprint density at radius 3 is 1.71 bits per heavy atom. The van der Waals surface area contributed by atoms with Gasteiger partial charge in [0, 0.05) is 5.30 Å². The Hall–Kier alpha value is -3.10. The minimum absolute atomic E-state index is 0.248. The van der Waals surface area contributed by atoms with Crippen LogP contribution in [0.3, 0.4) is 0 Å². The molecule has 3 aromatic carbocycles. The molecule has 0 aliphatic heterocycles. The van der Waals surface area contributed by atoms with Crippen LogP contribution < -0.4 is 10.0 Å². The van der Waals surface area contributed by atoms with Crippen molar-refractivity contribution in [1.29, 1.82) is 0 Å². The van der Waals surface area contributed by atoms with E-state index in [4.69, 9.17) is 16.3 Å². The molecular weight excluding hydrogens is 521 g/mol. The molecule has 3 aromatic rings. The second kappa shape index (κ2) is 9.51. The van der Waals surface area contributed by atoms with Crippen LogP contribution in [0.4, 0.5) is 26.3 Å². The molecule has 12 heteroatoms. The second-order valence-electron chi connectivity index (χ2n) is 7.10. The van der Waals surface area contributed by atoms with Gasteiger partial charge in [-0.15, -0.1) is 0 Å². The Kier molecular flexibility index (Phi) is 7.20. The van der Waals surface area contributed by atoms with E-state index in [0.29, 0.717) is 6.07 Å². The Labute approximate surface area is 199 Å². The fourth-order valence-electron chi connectivity index (χ4n) is 3.42. The van der Waals surface area contributed by atoms with Crippen LogP contribution in [-0.4, -0.2) is 18.2 Å². The van der Waals surface area contributed by atoms with E-state index in [1.54, 1.807) is 0 Å². The van der Waals surface area contributed by atoms with E-state index in [9.17, 15) is 40.5 Å². The predicted octanol–water partition coefficient (Wildman–Crippen LogP) is 7.06. The number of carbonyl (C=O) groups is 2. The van der Waals surface area contributed by atoms with Gasteiger partial charge in [0.2, 0.25) is 18.2 Å². The number of hydrogen-bond donors (Lipinski definition) is 0. The zero-order valence-corrected chi connectivity index (χ0v) is 19.2.